The van der Waals surface area contributed by atoms with E-state index < -0.39 is 0 Å². The molecule has 0 aliphatic rings. The Hall–Kier alpha value is -1.16. The largest absolute Gasteiger partial charge is 0.497 e. The van der Waals surface area contributed by atoms with E-state index in [0.29, 0.717) is 23.6 Å². The summed E-state index contributed by atoms with van der Waals surface area (Å²) in [5.74, 6) is 1.22. The van der Waals surface area contributed by atoms with Crippen LogP contribution in [0.15, 0.2) is 12.1 Å². The first-order valence-electron chi connectivity index (χ1n) is 4.22. The van der Waals surface area contributed by atoms with Crippen LogP contribution in [0.4, 0.5) is 0 Å². The van der Waals surface area contributed by atoms with Crippen molar-refractivity contribution in [1.29, 1.82) is 0 Å². The van der Waals surface area contributed by atoms with Crippen molar-refractivity contribution in [2.75, 3.05) is 21.3 Å². The zero-order valence-corrected chi connectivity index (χ0v) is 8.66. The second-order valence-corrected chi connectivity index (χ2v) is 2.85. The minimum absolute atomic E-state index is 0.507. The number of methoxy groups -OCH3 is 3. The minimum atomic E-state index is 0.507. The second-order valence-electron chi connectivity index (χ2n) is 2.85. The molecule has 0 saturated carbocycles. The van der Waals surface area contributed by atoms with E-state index >= 15 is 0 Å². The molecule has 0 aliphatic heterocycles. The standard InChI is InChI=1S/C10H13BO3/c1-12-6-7-4-8(13-2)10(11)9(5-7)14-3/h4-5H,6H2,1-3H3. The Balaban J connectivity index is 3.11. The van der Waals surface area contributed by atoms with Crippen molar-refractivity contribution in [2.24, 2.45) is 0 Å². The summed E-state index contributed by atoms with van der Waals surface area (Å²) in [5, 5.41) is 0. The van der Waals surface area contributed by atoms with Crippen LogP contribution in [-0.2, 0) is 11.3 Å². The number of benzene rings is 1. The Bertz CT molecular complexity index is 287. The van der Waals surface area contributed by atoms with Crippen LogP contribution < -0.4 is 14.9 Å². The first-order chi connectivity index (χ1) is 6.72. The maximum Gasteiger partial charge on any atom is 0.124 e. The van der Waals surface area contributed by atoms with Gasteiger partial charge in [-0.3, -0.25) is 0 Å². The highest BCUT2D eigenvalue weighted by atomic mass is 16.5. The minimum Gasteiger partial charge on any atom is -0.497 e. The maximum atomic E-state index is 5.78. The van der Waals surface area contributed by atoms with E-state index in [-0.39, 0.29) is 0 Å². The molecule has 0 atom stereocenters. The molecule has 0 spiro atoms. The smallest absolute Gasteiger partial charge is 0.124 e. The molecule has 0 bridgehead atoms. The molecule has 1 rings (SSSR count). The number of rotatable bonds is 4. The van der Waals surface area contributed by atoms with Crippen LogP contribution >= 0.6 is 0 Å². The summed E-state index contributed by atoms with van der Waals surface area (Å²) in [4.78, 5) is 0. The van der Waals surface area contributed by atoms with Gasteiger partial charge >= 0.3 is 0 Å². The van der Waals surface area contributed by atoms with E-state index in [0.717, 1.165) is 5.56 Å². The normalized spacial score (nSPS) is 9.93. The van der Waals surface area contributed by atoms with E-state index in [1.807, 2.05) is 12.1 Å². The maximum absolute atomic E-state index is 5.78. The number of hydrogen-bond acceptors (Lipinski definition) is 3. The molecule has 0 amide bonds. The lowest BCUT2D eigenvalue weighted by molar-refractivity contribution is 0.184. The van der Waals surface area contributed by atoms with E-state index in [9.17, 15) is 0 Å². The Kier molecular flexibility index (Phi) is 3.83. The summed E-state index contributed by atoms with van der Waals surface area (Å²) in [7, 11) is 10.6. The van der Waals surface area contributed by atoms with Gasteiger partial charge in [-0.1, -0.05) is 0 Å². The van der Waals surface area contributed by atoms with Gasteiger partial charge in [0, 0.05) is 7.11 Å². The quantitative estimate of drug-likeness (QED) is 0.655. The molecule has 0 aliphatic carbocycles. The van der Waals surface area contributed by atoms with Gasteiger partial charge in [-0.05, 0) is 23.2 Å². The molecular weight excluding hydrogens is 179 g/mol. The van der Waals surface area contributed by atoms with Gasteiger partial charge in [0.05, 0.1) is 20.8 Å². The second kappa shape index (κ2) is 4.91. The summed E-state index contributed by atoms with van der Waals surface area (Å²) in [6, 6.07) is 3.67. The van der Waals surface area contributed by atoms with Gasteiger partial charge in [0.15, 0.2) is 0 Å². The van der Waals surface area contributed by atoms with Gasteiger partial charge in [0.2, 0.25) is 0 Å². The highest BCUT2D eigenvalue weighted by molar-refractivity contribution is 6.36. The molecule has 1 aromatic rings. The summed E-state index contributed by atoms with van der Waals surface area (Å²) in [6.45, 7) is 0.507. The highest BCUT2D eigenvalue weighted by Gasteiger charge is 2.07. The average Bonchev–Trinajstić information content (AvgIpc) is 2.20. The Labute approximate surface area is 85.4 Å². The highest BCUT2D eigenvalue weighted by Crippen LogP contribution is 2.19. The van der Waals surface area contributed by atoms with Gasteiger partial charge in [0.1, 0.15) is 19.3 Å². The lowest BCUT2D eigenvalue weighted by Gasteiger charge is -2.12. The van der Waals surface area contributed by atoms with E-state index in [1.54, 1.807) is 21.3 Å². The summed E-state index contributed by atoms with van der Waals surface area (Å²) >= 11 is 0. The summed E-state index contributed by atoms with van der Waals surface area (Å²) < 4.78 is 15.2. The van der Waals surface area contributed by atoms with Crippen molar-refractivity contribution >= 4 is 13.3 Å². The molecule has 4 heteroatoms. The van der Waals surface area contributed by atoms with Crippen molar-refractivity contribution in [3.8, 4) is 11.5 Å². The molecule has 0 heterocycles. The SMILES string of the molecule is [B]c1c(OC)cc(COC)cc1OC. The van der Waals surface area contributed by atoms with E-state index in [1.165, 1.54) is 0 Å². The zero-order valence-electron chi connectivity index (χ0n) is 8.66. The number of hydrogen-bond donors (Lipinski definition) is 0. The monoisotopic (exact) mass is 192 g/mol. The third kappa shape index (κ3) is 2.20. The molecule has 1 aromatic carbocycles. The van der Waals surface area contributed by atoms with Crippen molar-refractivity contribution in [1.82, 2.24) is 0 Å². The fourth-order valence-electron chi connectivity index (χ4n) is 1.24. The Morgan fingerprint density at radius 3 is 1.93 bits per heavy atom. The molecule has 3 nitrogen and oxygen atoms in total. The van der Waals surface area contributed by atoms with Gasteiger partial charge in [0.25, 0.3) is 0 Å². The topological polar surface area (TPSA) is 27.7 Å². The van der Waals surface area contributed by atoms with Crippen LogP contribution in [0.5, 0.6) is 11.5 Å². The van der Waals surface area contributed by atoms with Gasteiger partial charge in [-0.25, -0.2) is 0 Å². The Morgan fingerprint density at radius 2 is 1.57 bits per heavy atom. The summed E-state index contributed by atoms with van der Waals surface area (Å²) in [6.07, 6.45) is 0. The summed E-state index contributed by atoms with van der Waals surface area (Å²) in [5.41, 5.74) is 1.48. The Morgan fingerprint density at radius 1 is 1.07 bits per heavy atom. The van der Waals surface area contributed by atoms with Gasteiger partial charge < -0.3 is 14.2 Å². The van der Waals surface area contributed by atoms with Gasteiger partial charge in [-0.2, -0.15) is 0 Å². The first-order valence-corrected chi connectivity index (χ1v) is 4.22. The molecule has 2 radical (unpaired) electrons. The molecule has 14 heavy (non-hydrogen) atoms. The van der Waals surface area contributed by atoms with Crippen LogP contribution in [0.1, 0.15) is 5.56 Å². The third-order valence-electron chi connectivity index (χ3n) is 1.91. The molecule has 0 fully saturated rings. The fraction of sp³-hybridized carbons (Fsp3) is 0.400. The van der Waals surface area contributed by atoms with Crippen LogP contribution in [-0.4, -0.2) is 29.2 Å². The van der Waals surface area contributed by atoms with Crippen LogP contribution in [0.3, 0.4) is 0 Å². The molecule has 0 N–H and O–H groups in total. The first kappa shape index (κ1) is 10.9. The van der Waals surface area contributed by atoms with Crippen molar-refractivity contribution in [3.05, 3.63) is 17.7 Å². The predicted octanol–water partition coefficient (Wildman–Crippen LogP) is 0.644. The molecule has 0 aromatic heterocycles. The lowest BCUT2D eigenvalue weighted by Crippen LogP contribution is -2.12. The average molecular weight is 192 g/mol. The fourth-order valence-corrected chi connectivity index (χ4v) is 1.24. The van der Waals surface area contributed by atoms with Crippen LogP contribution in [0, 0.1) is 0 Å². The van der Waals surface area contributed by atoms with Gasteiger partial charge in [-0.15, -0.1) is 0 Å². The number of ether oxygens (including phenoxy) is 3. The van der Waals surface area contributed by atoms with Crippen molar-refractivity contribution < 1.29 is 14.2 Å². The molecule has 0 saturated heterocycles. The van der Waals surface area contributed by atoms with Crippen molar-refractivity contribution in [3.63, 3.8) is 0 Å². The molecular formula is C10H13BO3. The predicted molar refractivity (Wildman–Crippen MR) is 55.6 cm³/mol. The van der Waals surface area contributed by atoms with Crippen LogP contribution in [0.25, 0.3) is 0 Å². The third-order valence-corrected chi connectivity index (χ3v) is 1.91. The van der Waals surface area contributed by atoms with E-state index in [2.05, 4.69) is 0 Å². The molecule has 0 unspecified atom stereocenters. The molecule has 74 valence electrons. The van der Waals surface area contributed by atoms with Crippen LogP contribution in [0.2, 0.25) is 0 Å². The lowest BCUT2D eigenvalue weighted by atomic mass is 9.92. The van der Waals surface area contributed by atoms with E-state index in [4.69, 9.17) is 22.1 Å². The van der Waals surface area contributed by atoms with Crippen molar-refractivity contribution in [2.45, 2.75) is 6.61 Å². The zero-order chi connectivity index (χ0) is 10.6.